The quantitative estimate of drug-likeness (QED) is 0.698. The van der Waals surface area contributed by atoms with Gasteiger partial charge in [0.05, 0.1) is 16.4 Å². The molecule has 0 aliphatic heterocycles. The molecule has 0 saturated heterocycles. The van der Waals surface area contributed by atoms with Crippen molar-refractivity contribution in [2.75, 3.05) is 11.1 Å². The van der Waals surface area contributed by atoms with Crippen LogP contribution >= 0.6 is 46.8 Å². The Morgan fingerprint density at radius 2 is 2.23 bits per heavy atom. The standard InChI is InChI=1S/C14H14Cl2N4S2/c15-7-1-3-10(9(16)5-7)20-14(21)18-8-2-4-11-12(6-8)22-13(17)19-11/h1,3,5,8H,2,4,6H2,(H2,17,19)(H2,18,20,21). The molecule has 8 heteroatoms. The van der Waals surface area contributed by atoms with Gasteiger partial charge >= 0.3 is 0 Å². The molecule has 0 bridgehead atoms. The number of halogens is 2. The van der Waals surface area contributed by atoms with Crippen molar-refractivity contribution in [2.24, 2.45) is 0 Å². The number of nitrogen functional groups attached to an aromatic ring is 1. The number of benzene rings is 1. The normalized spacial score (nSPS) is 16.9. The Morgan fingerprint density at radius 1 is 1.41 bits per heavy atom. The number of aromatic nitrogens is 1. The summed E-state index contributed by atoms with van der Waals surface area (Å²) in [6, 6.07) is 5.53. The van der Waals surface area contributed by atoms with E-state index < -0.39 is 0 Å². The zero-order valence-corrected chi connectivity index (χ0v) is 14.7. The van der Waals surface area contributed by atoms with Crippen molar-refractivity contribution in [1.82, 2.24) is 10.3 Å². The van der Waals surface area contributed by atoms with Gasteiger partial charge in [0.25, 0.3) is 0 Å². The summed E-state index contributed by atoms with van der Waals surface area (Å²) in [6.07, 6.45) is 2.79. The molecule has 1 aliphatic rings. The Labute approximate surface area is 148 Å². The fourth-order valence-corrected chi connectivity index (χ4v) is 4.14. The number of nitrogens with one attached hydrogen (secondary N) is 2. The van der Waals surface area contributed by atoms with Crippen LogP contribution < -0.4 is 16.4 Å². The average Bonchev–Trinajstić information content (AvgIpc) is 2.81. The van der Waals surface area contributed by atoms with E-state index in [2.05, 4.69) is 15.6 Å². The highest BCUT2D eigenvalue weighted by Gasteiger charge is 2.22. The molecule has 1 heterocycles. The van der Waals surface area contributed by atoms with Crippen LogP contribution in [0.5, 0.6) is 0 Å². The second kappa shape index (κ2) is 6.58. The van der Waals surface area contributed by atoms with Gasteiger partial charge in [-0.3, -0.25) is 0 Å². The molecule has 0 saturated carbocycles. The number of thiocarbonyl (C=S) groups is 1. The van der Waals surface area contributed by atoms with Crippen molar-refractivity contribution < 1.29 is 0 Å². The molecule has 0 amide bonds. The smallest absolute Gasteiger partial charge is 0.180 e. The zero-order chi connectivity index (χ0) is 15.7. The highest BCUT2D eigenvalue weighted by Crippen LogP contribution is 2.28. The predicted octanol–water partition coefficient (Wildman–Crippen LogP) is 3.88. The van der Waals surface area contributed by atoms with E-state index in [1.165, 1.54) is 4.88 Å². The maximum Gasteiger partial charge on any atom is 0.180 e. The lowest BCUT2D eigenvalue weighted by Gasteiger charge is -2.24. The molecular weight excluding hydrogens is 359 g/mol. The molecule has 0 radical (unpaired) electrons. The fraction of sp³-hybridized carbons (Fsp3) is 0.286. The third-order valence-electron chi connectivity index (χ3n) is 3.47. The summed E-state index contributed by atoms with van der Waals surface area (Å²) >= 11 is 18.9. The first-order chi connectivity index (χ1) is 10.5. The van der Waals surface area contributed by atoms with E-state index >= 15 is 0 Å². The minimum absolute atomic E-state index is 0.276. The Bertz CT molecular complexity index is 717. The zero-order valence-electron chi connectivity index (χ0n) is 11.5. The van der Waals surface area contributed by atoms with Gasteiger partial charge in [0.1, 0.15) is 0 Å². The van der Waals surface area contributed by atoms with Crippen LogP contribution in [-0.4, -0.2) is 16.1 Å². The Morgan fingerprint density at radius 3 is 3.00 bits per heavy atom. The first kappa shape index (κ1) is 15.8. The van der Waals surface area contributed by atoms with Crippen LogP contribution in [0.1, 0.15) is 17.0 Å². The van der Waals surface area contributed by atoms with E-state index in [0.29, 0.717) is 20.3 Å². The van der Waals surface area contributed by atoms with Gasteiger partial charge in [-0.25, -0.2) is 4.98 Å². The lowest BCUT2D eigenvalue weighted by atomic mass is 9.98. The number of hydrogen-bond acceptors (Lipinski definition) is 4. The van der Waals surface area contributed by atoms with Gasteiger partial charge in [-0.05, 0) is 43.3 Å². The number of aryl methyl sites for hydroxylation is 1. The first-order valence-corrected chi connectivity index (χ1v) is 8.76. The summed E-state index contributed by atoms with van der Waals surface area (Å²) in [6.45, 7) is 0. The van der Waals surface area contributed by atoms with Crippen LogP contribution in [0, 0.1) is 0 Å². The van der Waals surface area contributed by atoms with E-state index in [9.17, 15) is 0 Å². The summed E-state index contributed by atoms with van der Waals surface area (Å²) in [7, 11) is 0. The molecule has 22 heavy (non-hydrogen) atoms. The summed E-state index contributed by atoms with van der Waals surface area (Å²) in [5, 5.41) is 8.76. The Kier molecular flexibility index (Phi) is 4.73. The highest BCUT2D eigenvalue weighted by atomic mass is 35.5. The molecule has 1 aromatic heterocycles. The van der Waals surface area contributed by atoms with Gasteiger partial charge < -0.3 is 16.4 Å². The monoisotopic (exact) mass is 372 g/mol. The highest BCUT2D eigenvalue weighted by molar-refractivity contribution is 7.80. The van der Waals surface area contributed by atoms with Crippen molar-refractivity contribution in [3.05, 3.63) is 38.8 Å². The average molecular weight is 373 g/mol. The second-order valence-electron chi connectivity index (χ2n) is 5.08. The minimum Gasteiger partial charge on any atom is -0.375 e. The number of fused-ring (bicyclic) bond motifs is 1. The number of anilines is 2. The van der Waals surface area contributed by atoms with Gasteiger partial charge in [-0.1, -0.05) is 23.2 Å². The van der Waals surface area contributed by atoms with Crippen LogP contribution in [0.3, 0.4) is 0 Å². The molecule has 1 atom stereocenters. The Hall–Kier alpha value is -1.08. The van der Waals surface area contributed by atoms with Gasteiger partial charge in [-0.15, -0.1) is 11.3 Å². The molecule has 1 unspecified atom stereocenters. The van der Waals surface area contributed by atoms with E-state index in [1.54, 1.807) is 23.5 Å². The summed E-state index contributed by atoms with van der Waals surface area (Å²) in [5.74, 6) is 0. The summed E-state index contributed by atoms with van der Waals surface area (Å²) < 4.78 is 0. The van der Waals surface area contributed by atoms with E-state index in [0.717, 1.165) is 30.6 Å². The van der Waals surface area contributed by atoms with Crippen molar-refractivity contribution in [3.8, 4) is 0 Å². The summed E-state index contributed by atoms with van der Waals surface area (Å²) in [5.41, 5.74) is 7.62. The molecular formula is C14H14Cl2N4S2. The molecule has 4 N–H and O–H groups in total. The fourth-order valence-electron chi connectivity index (χ4n) is 2.45. The molecule has 4 nitrogen and oxygen atoms in total. The third kappa shape index (κ3) is 3.63. The van der Waals surface area contributed by atoms with Crippen LogP contribution in [0.15, 0.2) is 18.2 Å². The summed E-state index contributed by atoms with van der Waals surface area (Å²) in [4.78, 5) is 5.59. The topological polar surface area (TPSA) is 63.0 Å². The van der Waals surface area contributed by atoms with Crippen LogP contribution in [0.25, 0.3) is 0 Å². The maximum atomic E-state index is 6.13. The maximum absolute atomic E-state index is 6.13. The lowest BCUT2D eigenvalue weighted by Crippen LogP contribution is -2.40. The molecule has 1 aromatic carbocycles. The number of nitrogens with zero attached hydrogens (tertiary/aromatic N) is 1. The van der Waals surface area contributed by atoms with E-state index in [-0.39, 0.29) is 6.04 Å². The molecule has 2 aromatic rings. The van der Waals surface area contributed by atoms with Crippen molar-refractivity contribution in [2.45, 2.75) is 25.3 Å². The van der Waals surface area contributed by atoms with E-state index in [4.69, 9.17) is 41.2 Å². The number of nitrogens with two attached hydrogens (primary N) is 1. The number of hydrogen-bond donors (Lipinski definition) is 3. The van der Waals surface area contributed by atoms with Crippen LogP contribution in [0.2, 0.25) is 10.0 Å². The largest absolute Gasteiger partial charge is 0.375 e. The molecule has 116 valence electrons. The SMILES string of the molecule is Nc1nc2c(s1)CC(NC(=S)Nc1ccc(Cl)cc1Cl)CC2. The van der Waals surface area contributed by atoms with E-state index in [1.807, 2.05) is 6.07 Å². The molecule has 0 fully saturated rings. The third-order valence-corrected chi connectivity index (χ3v) is 5.19. The molecule has 1 aliphatic carbocycles. The molecule has 0 spiro atoms. The lowest BCUT2D eigenvalue weighted by molar-refractivity contribution is 0.531. The van der Waals surface area contributed by atoms with Crippen LogP contribution in [-0.2, 0) is 12.8 Å². The van der Waals surface area contributed by atoms with Gasteiger partial charge in [0.15, 0.2) is 10.2 Å². The predicted molar refractivity (Wildman–Crippen MR) is 98.2 cm³/mol. The van der Waals surface area contributed by atoms with Gasteiger partial charge in [0, 0.05) is 22.4 Å². The van der Waals surface area contributed by atoms with Crippen molar-refractivity contribution in [1.29, 1.82) is 0 Å². The number of thiazole rings is 1. The van der Waals surface area contributed by atoms with Gasteiger partial charge in [-0.2, -0.15) is 0 Å². The van der Waals surface area contributed by atoms with Gasteiger partial charge in [0.2, 0.25) is 0 Å². The Balaban J connectivity index is 1.60. The second-order valence-corrected chi connectivity index (χ2v) is 7.45. The first-order valence-electron chi connectivity index (χ1n) is 6.78. The molecule has 3 rings (SSSR count). The minimum atomic E-state index is 0.276. The van der Waals surface area contributed by atoms with Crippen molar-refractivity contribution >= 4 is 62.7 Å². The number of rotatable bonds is 2. The van der Waals surface area contributed by atoms with Crippen molar-refractivity contribution in [3.63, 3.8) is 0 Å². The van der Waals surface area contributed by atoms with Crippen LogP contribution in [0.4, 0.5) is 10.8 Å².